The van der Waals surface area contributed by atoms with Gasteiger partial charge in [-0.15, -0.1) is 11.3 Å². The molecule has 30 heavy (non-hydrogen) atoms. The summed E-state index contributed by atoms with van der Waals surface area (Å²) >= 11 is 7.89. The van der Waals surface area contributed by atoms with Gasteiger partial charge >= 0.3 is 0 Å². The van der Waals surface area contributed by atoms with Crippen molar-refractivity contribution >= 4 is 34.0 Å². The number of hydrogen-bond acceptors (Lipinski definition) is 5. The van der Waals surface area contributed by atoms with Crippen molar-refractivity contribution in [2.45, 2.75) is 25.8 Å². The number of rotatable bonds is 6. The highest BCUT2D eigenvalue weighted by atomic mass is 35.5. The van der Waals surface area contributed by atoms with Crippen LogP contribution in [0.5, 0.6) is 0 Å². The molecule has 6 nitrogen and oxygen atoms in total. The van der Waals surface area contributed by atoms with Crippen molar-refractivity contribution in [2.24, 2.45) is 4.99 Å². The minimum atomic E-state index is 0.809. The van der Waals surface area contributed by atoms with E-state index in [0.717, 1.165) is 69.8 Å². The van der Waals surface area contributed by atoms with Gasteiger partial charge in [0.2, 0.25) is 0 Å². The number of thiazole rings is 1. The summed E-state index contributed by atoms with van der Waals surface area (Å²) in [5.41, 5.74) is 2.45. The van der Waals surface area contributed by atoms with Crippen molar-refractivity contribution in [1.29, 1.82) is 0 Å². The number of hydrogen-bond donors (Lipinski definition) is 1. The van der Waals surface area contributed by atoms with E-state index in [9.17, 15) is 0 Å². The third-order valence-corrected chi connectivity index (χ3v) is 6.94. The van der Waals surface area contributed by atoms with E-state index in [0.29, 0.717) is 0 Å². The third kappa shape index (κ3) is 5.65. The molecule has 2 aliphatic rings. The SMILES string of the molecule is CN=C(NCCc1csc(N2CCCC2)n1)N1CCN(Cc2cccc(Cl)c2)CC1. The number of nitrogens with one attached hydrogen (secondary N) is 1. The number of piperazine rings is 1. The van der Waals surface area contributed by atoms with E-state index in [1.165, 1.54) is 29.2 Å². The van der Waals surface area contributed by atoms with Gasteiger partial charge in [0.1, 0.15) is 0 Å². The maximum absolute atomic E-state index is 6.12. The average Bonchev–Trinajstić information content (AvgIpc) is 3.44. The minimum Gasteiger partial charge on any atom is -0.356 e. The lowest BCUT2D eigenvalue weighted by Crippen LogP contribution is -2.52. The summed E-state index contributed by atoms with van der Waals surface area (Å²) in [5.74, 6) is 0.993. The smallest absolute Gasteiger partial charge is 0.193 e. The van der Waals surface area contributed by atoms with E-state index in [1.54, 1.807) is 11.3 Å². The van der Waals surface area contributed by atoms with Crippen LogP contribution in [-0.2, 0) is 13.0 Å². The van der Waals surface area contributed by atoms with Crippen molar-refractivity contribution in [2.75, 3.05) is 57.8 Å². The Morgan fingerprint density at radius 3 is 2.70 bits per heavy atom. The highest BCUT2D eigenvalue weighted by molar-refractivity contribution is 7.13. The van der Waals surface area contributed by atoms with Crippen LogP contribution >= 0.6 is 22.9 Å². The first kappa shape index (κ1) is 21.4. The molecular formula is C22H31ClN6S. The van der Waals surface area contributed by atoms with Gasteiger partial charge in [0.15, 0.2) is 11.1 Å². The van der Waals surface area contributed by atoms with Gasteiger partial charge in [-0.3, -0.25) is 9.89 Å². The third-order valence-electron chi connectivity index (χ3n) is 5.76. The molecule has 4 rings (SSSR count). The lowest BCUT2D eigenvalue weighted by molar-refractivity contribution is 0.172. The molecule has 1 N–H and O–H groups in total. The fourth-order valence-corrected chi connectivity index (χ4v) is 5.24. The first-order valence-electron chi connectivity index (χ1n) is 10.8. The van der Waals surface area contributed by atoms with Gasteiger partial charge in [0.25, 0.3) is 0 Å². The Hall–Kier alpha value is -1.83. The number of halogens is 1. The Morgan fingerprint density at radius 1 is 1.17 bits per heavy atom. The maximum atomic E-state index is 6.12. The summed E-state index contributed by atoms with van der Waals surface area (Å²) in [7, 11) is 1.87. The topological polar surface area (TPSA) is 47.0 Å². The summed E-state index contributed by atoms with van der Waals surface area (Å²) in [6, 6.07) is 8.15. The fraction of sp³-hybridized carbons (Fsp3) is 0.545. The van der Waals surface area contributed by atoms with Gasteiger partial charge in [-0.1, -0.05) is 23.7 Å². The Kier molecular flexibility index (Phi) is 7.47. The van der Waals surface area contributed by atoms with Crippen LogP contribution in [0.25, 0.3) is 0 Å². The second-order valence-corrected chi connectivity index (χ2v) is 9.21. The maximum Gasteiger partial charge on any atom is 0.193 e. The van der Waals surface area contributed by atoms with E-state index in [-0.39, 0.29) is 0 Å². The van der Waals surface area contributed by atoms with Crippen LogP contribution in [0.15, 0.2) is 34.6 Å². The molecular weight excluding hydrogens is 416 g/mol. The molecule has 2 aromatic rings. The van der Waals surface area contributed by atoms with E-state index < -0.39 is 0 Å². The van der Waals surface area contributed by atoms with E-state index in [2.05, 4.69) is 42.5 Å². The molecule has 0 radical (unpaired) electrons. The van der Waals surface area contributed by atoms with E-state index >= 15 is 0 Å². The van der Waals surface area contributed by atoms with Crippen LogP contribution in [0.3, 0.4) is 0 Å². The summed E-state index contributed by atoms with van der Waals surface area (Å²) in [5, 5.41) is 7.72. The zero-order valence-corrected chi connectivity index (χ0v) is 19.3. The molecule has 2 aliphatic heterocycles. The molecule has 1 aromatic carbocycles. The quantitative estimate of drug-likeness (QED) is 0.544. The number of guanidine groups is 1. The fourth-order valence-electron chi connectivity index (χ4n) is 4.11. The van der Waals surface area contributed by atoms with E-state index in [1.807, 2.05) is 19.2 Å². The van der Waals surface area contributed by atoms with Crippen LogP contribution in [-0.4, -0.2) is 73.6 Å². The standard InChI is InChI=1S/C22H31ClN6S/c1-24-21(25-8-7-20-17-30-22(26-20)29-9-2-3-10-29)28-13-11-27(12-14-28)16-18-5-4-6-19(23)15-18/h4-6,15,17H,2-3,7-14,16H2,1H3,(H,24,25). The first-order chi connectivity index (χ1) is 14.7. The Morgan fingerprint density at radius 2 is 1.97 bits per heavy atom. The molecule has 8 heteroatoms. The summed E-state index contributed by atoms with van der Waals surface area (Å²) < 4.78 is 0. The number of aliphatic imine (C=N–C) groups is 1. The molecule has 0 amide bonds. The van der Waals surface area contributed by atoms with Gasteiger partial charge in [-0.05, 0) is 30.5 Å². The highest BCUT2D eigenvalue weighted by Crippen LogP contribution is 2.24. The first-order valence-corrected chi connectivity index (χ1v) is 12.1. The Balaban J connectivity index is 1.20. The van der Waals surface area contributed by atoms with Gasteiger partial charge in [0, 0.05) is 76.2 Å². The molecule has 0 saturated carbocycles. The van der Waals surface area contributed by atoms with Gasteiger partial charge < -0.3 is 15.1 Å². The molecule has 0 bridgehead atoms. The molecule has 0 atom stereocenters. The van der Waals surface area contributed by atoms with Crippen molar-refractivity contribution < 1.29 is 0 Å². The number of nitrogens with zero attached hydrogens (tertiary/aromatic N) is 5. The van der Waals surface area contributed by atoms with Gasteiger partial charge in [0.05, 0.1) is 5.69 Å². The minimum absolute atomic E-state index is 0.809. The molecule has 0 unspecified atom stereocenters. The Labute approximate surface area is 188 Å². The number of benzene rings is 1. The lowest BCUT2D eigenvalue weighted by atomic mass is 10.2. The second kappa shape index (κ2) is 10.5. The van der Waals surface area contributed by atoms with Gasteiger partial charge in [-0.2, -0.15) is 0 Å². The van der Waals surface area contributed by atoms with Crippen LogP contribution in [0, 0.1) is 0 Å². The largest absolute Gasteiger partial charge is 0.356 e. The summed E-state index contributed by atoms with van der Waals surface area (Å²) in [6.07, 6.45) is 3.51. The van der Waals surface area contributed by atoms with Crippen LogP contribution < -0.4 is 10.2 Å². The highest BCUT2D eigenvalue weighted by Gasteiger charge is 2.20. The predicted octanol–water partition coefficient (Wildman–Crippen LogP) is 3.33. The lowest BCUT2D eigenvalue weighted by Gasteiger charge is -2.36. The van der Waals surface area contributed by atoms with Crippen LogP contribution in [0.4, 0.5) is 5.13 Å². The molecule has 0 aliphatic carbocycles. The van der Waals surface area contributed by atoms with Crippen molar-refractivity contribution in [3.05, 3.63) is 45.9 Å². The van der Waals surface area contributed by atoms with Crippen molar-refractivity contribution in [3.8, 4) is 0 Å². The molecule has 2 saturated heterocycles. The molecule has 0 spiro atoms. The zero-order valence-electron chi connectivity index (χ0n) is 17.7. The van der Waals surface area contributed by atoms with Crippen molar-refractivity contribution in [1.82, 2.24) is 20.1 Å². The van der Waals surface area contributed by atoms with E-state index in [4.69, 9.17) is 16.6 Å². The Bertz CT molecular complexity index is 840. The predicted molar refractivity (Wildman–Crippen MR) is 127 cm³/mol. The molecule has 2 fully saturated rings. The number of aromatic nitrogens is 1. The van der Waals surface area contributed by atoms with Gasteiger partial charge in [-0.25, -0.2) is 4.98 Å². The van der Waals surface area contributed by atoms with Crippen molar-refractivity contribution in [3.63, 3.8) is 0 Å². The zero-order chi connectivity index (χ0) is 20.8. The summed E-state index contributed by atoms with van der Waals surface area (Å²) in [6.45, 7) is 8.13. The monoisotopic (exact) mass is 446 g/mol. The molecule has 1 aromatic heterocycles. The van der Waals surface area contributed by atoms with Crippen LogP contribution in [0.2, 0.25) is 5.02 Å². The molecule has 162 valence electrons. The summed E-state index contributed by atoms with van der Waals surface area (Å²) in [4.78, 5) is 16.6. The number of anilines is 1. The average molecular weight is 447 g/mol. The second-order valence-electron chi connectivity index (χ2n) is 7.93. The molecule has 3 heterocycles. The normalized spacial score (nSPS) is 18.3. The van der Waals surface area contributed by atoms with Crippen LogP contribution in [0.1, 0.15) is 24.1 Å².